The molecular weight excluding hydrogens is 709 g/mol. The molecule has 0 amide bonds. The van der Waals surface area contributed by atoms with E-state index in [4.69, 9.17) is 4.74 Å². The zero-order valence-corrected chi connectivity index (χ0v) is 37.1. The van der Waals surface area contributed by atoms with E-state index in [2.05, 4.69) is 80.4 Å². The molecular formula is C49H78N4O4. The summed E-state index contributed by atoms with van der Waals surface area (Å²) in [5, 5.41) is 13.6. The lowest BCUT2D eigenvalue weighted by molar-refractivity contribution is -0.250. The predicted molar refractivity (Wildman–Crippen MR) is 228 cm³/mol. The van der Waals surface area contributed by atoms with Crippen molar-refractivity contribution >= 4 is 11.9 Å². The van der Waals surface area contributed by atoms with Gasteiger partial charge in [-0.3, -0.25) is 24.4 Å². The molecule has 5 saturated carbocycles. The van der Waals surface area contributed by atoms with Gasteiger partial charge >= 0.3 is 11.9 Å². The summed E-state index contributed by atoms with van der Waals surface area (Å²) in [5.41, 5.74) is 2.50. The fraction of sp³-hybridized carbons (Fsp3) is 0.816. The molecule has 0 bridgehead atoms. The third-order valence-corrected chi connectivity index (χ3v) is 18.6. The average Bonchev–Trinajstić information content (AvgIpc) is 3.54. The Kier molecular flexibility index (Phi) is 12.0. The van der Waals surface area contributed by atoms with Gasteiger partial charge in [-0.1, -0.05) is 52.8 Å². The number of esters is 1. The van der Waals surface area contributed by atoms with Gasteiger partial charge in [-0.2, -0.15) is 0 Å². The minimum atomic E-state index is -1.13. The first-order valence-electron chi connectivity index (χ1n) is 23.0. The lowest BCUT2D eigenvalue weighted by Gasteiger charge is -2.73. The van der Waals surface area contributed by atoms with Crippen LogP contribution in [-0.4, -0.2) is 83.7 Å². The Hall–Kier alpha value is -2.29. The number of carbonyl (C=O) groups is 2. The van der Waals surface area contributed by atoms with Crippen molar-refractivity contribution in [2.75, 3.05) is 45.8 Å². The number of aromatic nitrogens is 1. The van der Waals surface area contributed by atoms with Crippen molar-refractivity contribution in [2.45, 2.75) is 145 Å². The smallest absolute Gasteiger partial charge is 0.309 e. The number of carbonyl (C=O) groups excluding carboxylic acids is 1. The van der Waals surface area contributed by atoms with E-state index in [1.165, 1.54) is 69.1 Å². The Labute approximate surface area is 345 Å². The maximum Gasteiger partial charge on any atom is 0.309 e. The van der Waals surface area contributed by atoms with E-state index >= 15 is 0 Å². The summed E-state index contributed by atoms with van der Waals surface area (Å²) in [7, 11) is 0. The van der Waals surface area contributed by atoms with E-state index < -0.39 is 11.4 Å². The molecule has 0 spiro atoms. The number of pyridine rings is 1. The van der Waals surface area contributed by atoms with Crippen LogP contribution >= 0.6 is 0 Å². The van der Waals surface area contributed by atoms with Crippen molar-refractivity contribution < 1.29 is 19.4 Å². The van der Waals surface area contributed by atoms with Crippen molar-refractivity contribution in [3.8, 4) is 0 Å². The van der Waals surface area contributed by atoms with Crippen molar-refractivity contribution in [1.29, 1.82) is 0 Å². The first-order chi connectivity index (χ1) is 26.9. The molecule has 0 unspecified atom stereocenters. The highest BCUT2D eigenvalue weighted by molar-refractivity contribution is 5.81. The monoisotopic (exact) mass is 787 g/mol. The molecule has 2 N–H and O–H groups in total. The van der Waals surface area contributed by atoms with Crippen LogP contribution in [0.2, 0.25) is 0 Å². The van der Waals surface area contributed by atoms with Gasteiger partial charge in [-0.25, -0.2) is 0 Å². The lowest BCUT2D eigenvalue weighted by atomic mass is 9.32. The third kappa shape index (κ3) is 7.68. The van der Waals surface area contributed by atoms with Crippen LogP contribution in [0.4, 0.5) is 0 Å². The van der Waals surface area contributed by atoms with E-state index in [-0.39, 0.29) is 34.7 Å². The van der Waals surface area contributed by atoms with Gasteiger partial charge in [0.1, 0.15) is 6.10 Å². The Balaban J connectivity index is 0.984. The number of hydrogen-bond donors (Lipinski definition) is 2. The summed E-state index contributed by atoms with van der Waals surface area (Å²) < 4.78 is 6.22. The molecule has 0 aromatic carbocycles. The summed E-state index contributed by atoms with van der Waals surface area (Å²) in [6.45, 7) is 31.8. The molecule has 8 nitrogen and oxygen atoms in total. The molecule has 5 aliphatic carbocycles. The number of carboxylic acids is 1. The normalized spacial score (nSPS) is 39.3. The molecule has 8 heteroatoms. The SMILES string of the molecule is C=C(C)[C@@H]1CC[C@]2(CCNCCN3CCN(Cc4ccccn4)CC3)CC[C@]3(C)[C@H](CC[C@@H]4[C@@]5(C)CC[C@H](OC(=O)CC(C)(C)C(=O)O)C(C)(C)[C@@H]5CC[C@]43C)[C@@H]12. The molecule has 7 rings (SSSR count). The van der Waals surface area contributed by atoms with Gasteiger partial charge in [0.25, 0.3) is 0 Å². The molecule has 10 atom stereocenters. The quantitative estimate of drug-likeness (QED) is 0.116. The second kappa shape index (κ2) is 16.0. The molecule has 6 aliphatic rings. The van der Waals surface area contributed by atoms with Crippen LogP contribution in [0.15, 0.2) is 36.5 Å². The maximum atomic E-state index is 13.1. The Morgan fingerprint density at radius 1 is 0.895 bits per heavy atom. The number of ether oxygens (including phenoxy) is 1. The standard InChI is InChI=1S/C49H78N4O4/c1-34(2)36-15-20-49(23-25-50-26-27-52-28-30-53(31-29-52)33-35-12-10-11-24-51-35)22-21-47(8)37(42(36)49)13-14-39-46(7)18-17-40(57-41(54)32-44(3,4)43(55)56)45(5,6)38(46)16-19-48(39,47)9/h10-12,24,36-40,42,50H,1,13-23,25-33H2,2-9H3,(H,55,56)/t36-,37+,38-,39+,40-,42+,46-,47+,48+,49+/m0/s1. The van der Waals surface area contributed by atoms with E-state index in [0.717, 1.165) is 77.0 Å². The minimum Gasteiger partial charge on any atom is -0.481 e. The molecule has 2 heterocycles. The maximum absolute atomic E-state index is 13.1. The van der Waals surface area contributed by atoms with Gasteiger partial charge < -0.3 is 15.2 Å². The summed E-state index contributed by atoms with van der Waals surface area (Å²) in [6, 6.07) is 6.22. The molecule has 1 aromatic heterocycles. The first-order valence-corrected chi connectivity index (χ1v) is 23.0. The predicted octanol–water partition coefficient (Wildman–Crippen LogP) is 9.25. The highest BCUT2D eigenvalue weighted by Gasteiger charge is 2.71. The summed E-state index contributed by atoms with van der Waals surface area (Å²) in [4.78, 5) is 34.6. The van der Waals surface area contributed by atoms with Crippen molar-refractivity contribution in [2.24, 2.45) is 62.1 Å². The highest BCUT2D eigenvalue weighted by atomic mass is 16.5. The summed E-state index contributed by atoms with van der Waals surface area (Å²) in [5.74, 6) is 1.91. The van der Waals surface area contributed by atoms with Crippen LogP contribution < -0.4 is 5.32 Å². The van der Waals surface area contributed by atoms with Crippen molar-refractivity contribution in [3.63, 3.8) is 0 Å². The number of hydrogen-bond acceptors (Lipinski definition) is 7. The van der Waals surface area contributed by atoms with Gasteiger partial charge in [0.2, 0.25) is 0 Å². The number of fused-ring (bicyclic) bond motifs is 7. The van der Waals surface area contributed by atoms with Crippen molar-refractivity contribution in [3.05, 3.63) is 42.2 Å². The van der Waals surface area contributed by atoms with E-state index in [9.17, 15) is 14.7 Å². The third-order valence-electron chi connectivity index (χ3n) is 18.6. The van der Waals surface area contributed by atoms with Crippen molar-refractivity contribution in [1.82, 2.24) is 20.1 Å². The van der Waals surface area contributed by atoms with Gasteiger partial charge in [0, 0.05) is 57.4 Å². The highest BCUT2D eigenvalue weighted by Crippen LogP contribution is 2.78. The fourth-order valence-electron chi connectivity index (χ4n) is 15.1. The van der Waals surface area contributed by atoms with Gasteiger partial charge in [-0.15, -0.1) is 0 Å². The molecule has 6 fully saturated rings. The molecule has 318 valence electrons. The van der Waals surface area contributed by atoms with Crippen LogP contribution in [-0.2, 0) is 20.9 Å². The molecule has 1 saturated heterocycles. The number of piperazine rings is 1. The van der Waals surface area contributed by atoms with Crippen LogP contribution in [0.5, 0.6) is 0 Å². The number of nitrogens with zero attached hydrogens (tertiary/aromatic N) is 3. The second-order valence-electron chi connectivity index (χ2n) is 22.2. The summed E-state index contributed by atoms with van der Waals surface area (Å²) >= 11 is 0. The largest absolute Gasteiger partial charge is 0.481 e. The lowest BCUT2D eigenvalue weighted by Crippen LogP contribution is -2.66. The molecule has 0 radical (unpaired) electrons. The number of aliphatic carboxylic acids is 1. The Bertz CT molecular complexity index is 1620. The van der Waals surface area contributed by atoms with Crippen LogP contribution in [0.25, 0.3) is 0 Å². The average molecular weight is 787 g/mol. The second-order valence-corrected chi connectivity index (χ2v) is 22.2. The molecule has 1 aromatic rings. The first kappa shape index (κ1) is 42.8. The summed E-state index contributed by atoms with van der Waals surface area (Å²) in [6.07, 6.45) is 15.3. The Morgan fingerprint density at radius 3 is 2.32 bits per heavy atom. The van der Waals surface area contributed by atoms with Crippen LogP contribution in [0.3, 0.4) is 0 Å². The van der Waals surface area contributed by atoms with Gasteiger partial charge in [0.05, 0.1) is 17.5 Å². The van der Waals surface area contributed by atoms with Gasteiger partial charge in [0.15, 0.2) is 0 Å². The number of allylic oxidation sites excluding steroid dienone is 1. The van der Waals surface area contributed by atoms with E-state index in [1.807, 2.05) is 12.3 Å². The van der Waals surface area contributed by atoms with Crippen LogP contribution in [0.1, 0.15) is 138 Å². The fourth-order valence-corrected chi connectivity index (χ4v) is 15.1. The Morgan fingerprint density at radius 2 is 1.63 bits per heavy atom. The number of carboxylic acid groups (broad SMARTS) is 1. The van der Waals surface area contributed by atoms with E-state index in [0.29, 0.717) is 28.6 Å². The molecule has 57 heavy (non-hydrogen) atoms. The van der Waals surface area contributed by atoms with Crippen LogP contribution in [0, 0.1) is 62.1 Å². The zero-order chi connectivity index (χ0) is 41.0. The van der Waals surface area contributed by atoms with Gasteiger partial charge in [-0.05, 0) is 161 Å². The zero-order valence-electron chi connectivity index (χ0n) is 37.1. The van der Waals surface area contributed by atoms with E-state index in [1.54, 1.807) is 13.8 Å². The number of nitrogens with one attached hydrogen (secondary N) is 1. The molecule has 1 aliphatic heterocycles. The number of rotatable bonds is 13. The minimum absolute atomic E-state index is 0.0902. The topological polar surface area (TPSA) is 95.0 Å².